The third-order valence-corrected chi connectivity index (χ3v) is 4.13. The number of nitrogens with zero attached hydrogens (tertiary/aromatic N) is 3. The van der Waals surface area contributed by atoms with Crippen LogP contribution < -0.4 is 10.0 Å². The van der Waals surface area contributed by atoms with Crippen molar-refractivity contribution in [1.82, 2.24) is 25.0 Å². The van der Waals surface area contributed by atoms with E-state index in [1.54, 1.807) is 7.05 Å². The van der Waals surface area contributed by atoms with Gasteiger partial charge in [0, 0.05) is 19.6 Å². The first-order valence-corrected chi connectivity index (χ1v) is 6.65. The second kappa shape index (κ2) is 5.76. The molecule has 7 nitrogen and oxygen atoms in total. The Kier molecular flexibility index (Phi) is 4.87. The zero-order valence-electron chi connectivity index (χ0n) is 9.46. The summed E-state index contributed by atoms with van der Waals surface area (Å²) in [6.07, 6.45) is 3.09. The molecule has 1 atom stereocenters. The van der Waals surface area contributed by atoms with E-state index in [1.807, 2.05) is 0 Å². The quantitative estimate of drug-likeness (QED) is 0.762. The van der Waals surface area contributed by atoms with Crippen LogP contribution in [0.25, 0.3) is 0 Å². The molecule has 1 saturated heterocycles. The van der Waals surface area contributed by atoms with Gasteiger partial charge in [0.05, 0.1) is 6.20 Å². The SMILES string of the molecule is Cl.Cn1nncc1S(=O)(=O)NC1CCCNC1. The fourth-order valence-electron chi connectivity index (χ4n) is 1.76. The zero-order chi connectivity index (χ0) is 11.6. The Hall–Kier alpha value is -0.700. The van der Waals surface area contributed by atoms with Gasteiger partial charge in [0.2, 0.25) is 0 Å². The molecule has 0 aliphatic carbocycles. The van der Waals surface area contributed by atoms with Gasteiger partial charge in [-0.2, -0.15) is 0 Å². The fraction of sp³-hybridized carbons (Fsp3) is 0.750. The third kappa shape index (κ3) is 3.38. The second-order valence-electron chi connectivity index (χ2n) is 3.86. The lowest BCUT2D eigenvalue weighted by Gasteiger charge is -2.23. The van der Waals surface area contributed by atoms with Gasteiger partial charge in [-0.1, -0.05) is 5.21 Å². The van der Waals surface area contributed by atoms with Crippen molar-refractivity contribution < 1.29 is 8.42 Å². The molecular formula is C8H16ClN5O2S. The van der Waals surface area contributed by atoms with E-state index in [1.165, 1.54) is 10.9 Å². The zero-order valence-corrected chi connectivity index (χ0v) is 11.1. The molecule has 1 aliphatic heterocycles. The Labute approximate surface area is 106 Å². The number of hydrogen-bond acceptors (Lipinski definition) is 5. The molecule has 1 fully saturated rings. The number of nitrogens with one attached hydrogen (secondary N) is 2. The molecule has 98 valence electrons. The molecule has 17 heavy (non-hydrogen) atoms. The largest absolute Gasteiger partial charge is 0.315 e. The highest BCUT2D eigenvalue weighted by atomic mass is 35.5. The van der Waals surface area contributed by atoms with Crippen LogP contribution in [0.15, 0.2) is 11.2 Å². The lowest BCUT2D eigenvalue weighted by atomic mass is 10.1. The van der Waals surface area contributed by atoms with Crippen LogP contribution in [0, 0.1) is 0 Å². The van der Waals surface area contributed by atoms with Crippen molar-refractivity contribution in [2.45, 2.75) is 23.9 Å². The summed E-state index contributed by atoms with van der Waals surface area (Å²) in [5, 5.41) is 10.4. The molecule has 2 N–H and O–H groups in total. The first-order chi connectivity index (χ1) is 7.59. The summed E-state index contributed by atoms with van der Waals surface area (Å²) < 4.78 is 27.8. The lowest BCUT2D eigenvalue weighted by molar-refractivity contribution is 0.427. The monoisotopic (exact) mass is 281 g/mol. The molecule has 0 amide bonds. The maximum atomic E-state index is 11.9. The molecule has 9 heteroatoms. The summed E-state index contributed by atoms with van der Waals surface area (Å²) in [6.45, 7) is 1.62. The van der Waals surface area contributed by atoms with Gasteiger partial charge in [-0.05, 0) is 19.4 Å². The Bertz CT molecular complexity index is 454. The van der Waals surface area contributed by atoms with Crippen LogP contribution >= 0.6 is 12.4 Å². The van der Waals surface area contributed by atoms with Crippen LogP contribution in [0.5, 0.6) is 0 Å². The molecule has 2 heterocycles. The van der Waals surface area contributed by atoms with Crippen molar-refractivity contribution in [3.05, 3.63) is 6.20 Å². The Morgan fingerprint density at radius 2 is 2.35 bits per heavy atom. The van der Waals surface area contributed by atoms with Crippen LogP contribution in [0.2, 0.25) is 0 Å². The number of aromatic nitrogens is 3. The van der Waals surface area contributed by atoms with Gasteiger partial charge in [-0.3, -0.25) is 0 Å². The summed E-state index contributed by atoms with van der Waals surface area (Å²) in [5.74, 6) is 0. The van der Waals surface area contributed by atoms with Gasteiger partial charge in [-0.15, -0.1) is 17.5 Å². The number of hydrogen-bond donors (Lipinski definition) is 2. The second-order valence-corrected chi connectivity index (χ2v) is 5.52. The van der Waals surface area contributed by atoms with Crippen LogP contribution in [0.4, 0.5) is 0 Å². The molecule has 0 spiro atoms. The molecule has 0 aromatic carbocycles. The van der Waals surface area contributed by atoms with Gasteiger partial charge in [0.1, 0.15) is 0 Å². The molecule has 1 aromatic rings. The minimum atomic E-state index is -3.50. The summed E-state index contributed by atoms with van der Waals surface area (Å²) in [6, 6.07) is -0.0475. The van der Waals surface area contributed by atoms with E-state index >= 15 is 0 Å². The predicted octanol–water partition coefficient (Wildman–Crippen LogP) is -0.733. The average molecular weight is 282 g/mol. The van der Waals surface area contributed by atoms with Crippen LogP contribution in [-0.4, -0.2) is 42.5 Å². The lowest BCUT2D eigenvalue weighted by Crippen LogP contribution is -2.45. The van der Waals surface area contributed by atoms with Gasteiger partial charge < -0.3 is 5.32 Å². The van der Waals surface area contributed by atoms with E-state index < -0.39 is 10.0 Å². The minimum absolute atomic E-state index is 0. The summed E-state index contributed by atoms with van der Waals surface area (Å²) in [4.78, 5) is 0. The van der Waals surface area contributed by atoms with Crippen molar-refractivity contribution in [2.24, 2.45) is 7.05 Å². The standard InChI is InChI=1S/C8H15N5O2S.ClH/c1-13-8(6-10-12-13)16(14,15)11-7-3-2-4-9-5-7;/h6-7,9,11H,2-5H2,1H3;1H. The molecule has 2 rings (SSSR count). The molecule has 1 aliphatic rings. The number of halogens is 1. The van der Waals surface area contributed by atoms with Gasteiger partial charge in [0.25, 0.3) is 10.0 Å². The highest BCUT2D eigenvalue weighted by Crippen LogP contribution is 2.08. The van der Waals surface area contributed by atoms with E-state index in [9.17, 15) is 8.42 Å². The maximum absolute atomic E-state index is 11.9. The van der Waals surface area contributed by atoms with Crippen LogP contribution in [0.1, 0.15) is 12.8 Å². The minimum Gasteiger partial charge on any atom is -0.315 e. The highest BCUT2D eigenvalue weighted by molar-refractivity contribution is 7.89. The predicted molar refractivity (Wildman–Crippen MR) is 64.5 cm³/mol. The third-order valence-electron chi connectivity index (χ3n) is 2.57. The van der Waals surface area contributed by atoms with Crippen LogP contribution in [0.3, 0.4) is 0 Å². The first kappa shape index (κ1) is 14.4. The molecular weight excluding hydrogens is 266 g/mol. The van der Waals surface area contributed by atoms with E-state index in [0.29, 0.717) is 6.54 Å². The van der Waals surface area contributed by atoms with Crippen molar-refractivity contribution in [3.8, 4) is 0 Å². The molecule has 1 unspecified atom stereocenters. The topological polar surface area (TPSA) is 88.9 Å². The number of sulfonamides is 1. The summed E-state index contributed by atoms with van der Waals surface area (Å²) in [7, 11) is -1.94. The molecule has 0 bridgehead atoms. The molecule has 0 radical (unpaired) electrons. The van der Waals surface area contributed by atoms with Gasteiger partial charge in [-0.25, -0.2) is 17.8 Å². The normalized spacial score (nSPS) is 20.9. The first-order valence-electron chi connectivity index (χ1n) is 5.17. The Morgan fingerprint density at radius 3 is 2.88 bits per heavy atom. The van der Waals surface area contributed by atoms with E-state index in [4.69, 9.17) is 0 Å². The van der Waals surface area contributed by atoms with Crippen molar-refractivity contribution in [3.63, 3.8) is 0 Å². The van der Waals surface area contributed by atoms with Gasteiger partial charge in [0.15, 0.2) is 5.03 Å². The molecule has 0 saturated carbocycles. The maximum Gasteiger partial charge on any atom is 0.259 e. The summed E-state index contributed by atoms with van der Waals surface area (Å²) >= 11 is 0. The van der Waals surface area contributed by atoms with Crippen molar-refractivity contribution in [2.75, 3.05) is 13.1 Å². The van der Waals surface area contributed by atoms with E-state index in [0.717, 1.165) is 19.4 Å². The Balaban J connectivity index is 0.00000144. The Morgan fingerprint density at radius 1 is 1.59 bits per heavy atom. The number of rotatable bonds is 3. The van der Waals surface area contributed by atoms with Crippen molar-refractivity contribution >= 4 is 22.4 Å². The van der Waals surface area contributed by atoms with Crippen molar-refractivity contribution in [1.29, 1.82) is 0 Å². The molecule has 1 aromatic heterocycles. The highest BCUT2D eigenvalue weighted by Gasteiger charge is 2.24. The number of piperidine rings is 1. The fourth-order valence-corrected chi connectivity index (χ4v) is 3.09. The number of aryl methyl sites for hydroxylation is 1. The summed E-state index contributed by atoms with van der Waals surface area (Å²) in [5.41, 5.74) is 0. The average Bonchev–Trinajstić information content (AvgIpc) is 2.66. The van der Waals surface area contributed by atoms with E-state index in [2.05, 4.69) is 20.4 Å². The van der Waals surface area contributed by atoms with Gasteiger partial charge >= 0.3 is 0 Å². The smallest absolute Gasteiger partial charge is 0.259 e. The van der Waals surface area contributed by atoms with Crippen LogP contribution in [-0.2, 0) is 17.1 Å². The van der Waals surface area contributed by atoms with E-state index in [-0.39, 0.29) is 23.5 Å².